The third-order valence-electron chi connectivity index (χ3n) is 3.46. The molecule has 18 heavy (non-hydrogen) atoms. The minimum Gasteiger partial charge on any atom is -0.349 e. The second kappa shape index (κ2) is 5.49. The van der Waals surface area contributed by atoms with Gasteiger partial charge in [0.05, 0.1) is 17.8 Å². The van der Waals surface area contributed by atoms with Crippen LogP contribution in [0.3, 0.4) is 0 Å². The molecule has 0 bridgehead atoms. The predicted molar refractivity (Wildman–Crippen MR) is 69.0 cm³/mol. The zero-order valence-corrected chi connectivity index (χ0v) is 11.0. The molecule has 1 amide bonds. The van der Waals surface area contributed by atoms with E-state index in [0.717, 1.165) is 31.9 Å². The van der Waals surface area contributed by atoms with Crippen molar-refractivity contribution in [2.45, 2.75) is 25.9 Å². The summed E-state index contributed by atoms with van der Waals surface area (Å²) < 4.78 is 0. The number of nitrogens with zero attached hydrogens (tertiary/aromatic N) is 2. The first-order chi connectivity index (χ1) is 8.60. The average molecular weight is 251 g/mol. The molecular formula is C12H21N5O. The van der Waals surface area contributed by atoms with Crippen LogP contribution in [0.15, 0.2) is 12.3 Å². The highest BCUT2D eigenvalue weighted by Gasteiger charge is 2.34. The van der Waals surface area contributed by atoms with E-state index in [-0.39, 0.29) is 5.91 Å². The van der Waals surface area contributed by atoms with E-state index in [1.807, 2.05) is 19.9 Å². The summed E-state index contributed by atoms with van der Waals surface area (Å²) in [5, 5.41) is 12.9. The summed E-state index contributed by atoms with van der Waals surface area (Å²) in [6.07, 6.45) is 1.68. The lowest BCUT2D eigenvalue weighted by atomic mass is 10.0. The van der Waals surface area contributed by atoms with E-state index in [9.17, 15) is 4.79 Å². The van der Waals surface area contributed by atoms with Crippen LogP contribution in [-0.4, -0.2) is 52.7 Å². The molecule has 1 saturated heterocycles. The lowest BCUT2D eigenvalue weighted by Crippen LogP contribution is -2.59. The van der Waals surface area contributed by atoms with Crippen molar-refractivity contribution in [3.8, 4) is 0 Å². The first-order valence-corrected chi connectivity index (χ1v) is 6.33. The molecule has 1 aromatic heterocycles. The maximum Gasteiger partial charge on any atom is 0.240 e. The van der Waals surface area contributed by atoms with E-state index in [1.54, 1.807) is 6.20 Å². The van der Waals surface area contributed by atoms with Gasteiger partial charge >= 0.3 is 0 Å². The molecule has 0 aliphatic carbocycles. The van der Waals surface area contributed by atoms with Crippen molar-refractivity contribution in [2.75, 3.05) is 26.2 Å². The highest BCUT2D eigenvalue weighted by Crippen LogP contribution is 2.15. The quantitative estimate of drug-likeness (QED) is 0.687. The second-order valence-electron chi connectivity index (χ2n) is 5.06. The minimum absolute atomic E-state index is 0.0546. The highest BCUT2D eigenvalue weighted by atomic mass is 16.2. The number of amides is 1. The number of aromatic nitrogens is 2. The van der Waals surface area contributed by atoms with E-state index in [2.05, 4.69) is 25.7 Å². The zero-order chi connectivity index (χ0) is 13.0. The lowest BCUT2D eigenvalue weighted by Gasteiger charge is -2.39. The molecule has 0 aromatic carbocycles. The van der Waals surface area contributed by atoms with Crippen LogP contribution in [-0.2, 0) is 11.3 Å². The maximum absolute atomic E-state index is 12.3. The lowest BCUT2D eigenvalue weighted by molar-refractivity contribution is -0.132. The van der Waals surface area contributed by atoms with Gasteiger partial charge in [-0.1, -0.05) is 0 Å². The zero-order valence-electron chi connectivity index (χ0n) is 11.0. The van der Waals surface area contributed by atoms with Crippen LogP contribution in [0.2, 0.25) is 0 Å². The van der Waals surface area contributed by atoms with Crippen LogP contribution < -0.4 is 10.6 Å². The number of nitrogens with one attached hydrogen (secondary N) is 3. The molecule has 6 heteroatoms. The molecule has 2 rings (SSSR count). The molecule has 0 radical (unpaired) electrons. The summed E-state index contributed by atoms with van der Waals surface area (Å²) in [5.41, 5.74) is 0.446. The third-order valence-corrected chi connectivity index (χ3v) is 3.46. The molecule has 1 aromatic rings. The summed E-state index contributed by atoms with van der Waals surface area (Å²) in [7, 11) is 0. The number of H-pyrrole nitrogens is 1. The van der Waals surface area contributed by atoms with Crippen molar-refractivity contribution in [3.63, 3.8) is 0 Å². The summed E-state index contributed by atoms with van der Waals surface area (Å²) >= 11 is 0. The topological polar surface area (TPSA) is 73.0 Å². The number of hydrogen-bond donors (Lipinski definition) is 3. The fourth-order valence-corrected chi connectivity index (χ4v) is 2.14. The molecule has 100 valence electrons. The molecule has 0 saturated carbocycles. The van der Waals surface area contributed by atoms with Crippen LogP contribution in [0.5, 0.6) is 0 Å². The molecule has 1 aliphatic heterocycles. The fraction of sp³-hybridized carbons (Fsp3) is 0.667. The Hall–Kier alpha value is -1.40. The van der Waals surface area contributed by atoms with Crippen molar-refractivity contribution < 1.29 is 4.79 Å². The van der Waals surface area contributed by atoms with Crippen molar-refractivity contribution in [1.29, 1.82) is 0 Å². The monoisotopic (exact) mass is 251 g/mol. The average Bonchev–Trinajstić information content (AvgIpc) is 2.90. The van der Waals surface area contributed by atoms with Gasteiger partial charge in [-0.2, -0.15) is 5.10 Å². The van der Waals surface area contributed by atoms with Crippen molar-refractivity contribution in [2.24, 2.45) is 0 Å². The van der Waals surface area contributed by atoms with Gasteiger partial charge in [0, 0.05) is 32.4 Å². The largest absolute Gasteiger partial charge is 0.349 e. The summed E-state index contributed by atoms with van der Waals surface area (Å²) in [4.78, 5) is 14.5. The second-order valence-corrected chi connectivity index (χ2v) is 5.06. The van der Waals surface area contributed by atoms with Crippen LogP contribution >= 0.6 is 0 Å². The van der Waals surface area contributed by atoms with Gasteiger partial charge in [-0.05, 0) is 19.9 Å². The van der Waals surface area contributed by atoms with Crippen molar-refractivity contribution in [3.05, 3.63) is 18.0 Å². The Morgan fingerprint density at radius 3 is 2.83 bits per heavy atom. The molecule has 3 N–H and O–H groups in total. The Morgan fingerprint density at radius 2 is 2.22 bits per heavy atom. The van der Waals surface area contributed by atoms with Crippen molar-refractivity contribution in [1.82, 2.24) is 25.7 Å². The Morgan fingerprint density at radius 1 is 1.50 bits per heavy atom. The number of aromatic amines is 1. The third kappa shape index (κ3) is 2.88. The molecular weight excluding hydrogens is 230 g/mol. The van der Waals surface area contributed by atoms with E-state index in [0.29, 0.717) is 6.54 Å². The number of piperazine rings is 1. The van der Waals surface area contributed by atoms with E-state index in [4.69, 9.17) is 0 Å². The van der Waals surface area contributed by atoms with Crippen LogP contribution in [0.4, 0.5) is 0 Å². The number of hydrogen-bond acceptors (Lipinski definition) is 4. The van der Waals surface area contributed by atoms with Crippen LogP contribution in [0.1, 0.15) is 19.5 Å². The molecule has 1 aliphatic rings. The Balaban J connectivity index is 1.89. The fourth-order valence-electron chi connectivity index (χ4n) is 2.14. The maximum atomic E-state index is 12.3. The first kappa shape index (κ1) is 13.0. The van der Waals surface area contributed by atoms with Gasteiger partial charge in [0.15, 0.2) is 0 Å². The number of carbonyl (C=O) groups is 1. The van der Waals surface area contributed by atoms with Crippen LogP contribution in [0.25, 0.3) is 0 Å². The van der Waals surface area contributed by atoms with Crippen LogP contribution in [0, 0.1) is 0 Å². The van der Waals surface area contributed by atoms with E-state index < -0.39 is 5.54 Å². The van der Waals surface area contributed by atoms with Gasteiger partial charge in [0.1, 0.15) is 0 Å². The molecule has 0 unspecified atom stereocenters. The predicted octanol–water partition coefficient (Wildman–Crippen LogP) is -0.290. The number of carbonyl (C=O) groups excluding carboxylic acids is 1. The Bertz CT molecular complexity index is 381. The van der Waals surface area contributed by atoms with E-state index in [1.165, 1.54) is 0 Å². The highest BCUT2D eigenvalue weighted by molar-refractivity contribution is 5.85. The molecule has 1 fully saturated rings. The SMILES string of the molecule is CC(C)(C(=O)NCc1ccn[nH]1)N1CCNCC1. The molecule has 0 atom stereocenters. The summed E-state index contributed by atoms with van der Waals surface area (Å²) in [5.74, 6) is 0.0546. The standard InChI is InChI=1S/C12H21N5O/c1-12(2,17-7-5-13-6-8-17)11(18)14-9-10-3-4-15-16-10/h3-4,13H,5-9H2,1-2H3,(H,14,18)(H,15,16). The van der Waals surface area contributed by atoms with Crippen molar-refractivity contribution >= 4 is 5.91 Å². The van der Waals surface area contributed by atoms with Gasteiger partial charge in [-0.3, -0.25) is 14.8 Å². The minimum atomic E-state index is -0.470. The number of rotatable bonds is 4. The van der Waals surface area contributed by atoms with E-state index >= 15 is 0 Å². The van der Waals surface area contributed by atoms with Gasteiger partial charge in [0.2, 0.25) is 5.91 Å². The molecule has 2 heterocycles. The van der Waals surface area contributed by atoms with Gasteiger partial charge < -0.3 is 10.6 Å². The Labute approximate surface area is 107 Å². The smallest absolute Gasteiger partial charge is 0.240 e. The molecule has 6 nitrogen and oxygen atoms in total. The Kier molecular flexibility index (Phi) is 3.98. The normalized spacial score (nSPS) is 17.7. The first-order valence-electron chi connectivity index (χ1n) is 6.33. The molecule has 0 spiro atoms. The summed E-state index contributed by atoms with van der Waals surface area (Å²) in [6, 6.07) is 1.86. The summed E-state index contributed by atoms with van der Waals surface area (Å²) in [6.45, 7) is 8.14. The van der Waals surface area contributed by atoms with Gasteiger partial charge in [-0.25, -0.2) is 0 Å². The van der Waals surface area contributed by atoms with Gasteiger partial charge in [-0.15, -0.1) is 0 Å². The van der Waals surface area contributed by atoms with Gasteiger partial charge in [0.25, 0.3) is 0 Å².